The maximum atomic E-state index is 13.3. The number of nitrogens with zero attached hydrogens (tertiary/aromatic N) is 2. The minimum absolute atomic E-state index is 0.0132. The van der Waals surface area contributed by atoms with Gasteiger partial charge in [-0.25, -0.2) is 12.8 Å². The summed E-state index contributed by atoms with van der Waals surface area (Å²) >= 11 is 1.32. The molecule has 2 aromatic carbocycles. The van der Waals surface area contributed by atoms with Crippen molar-refractivity contribution in [3.63, 3.8) is 0 Å². The van der Waals surface area contributed by atoms with E-state index in [1.807, 2.05) is 30.3 Å². The van der Waals surface area contributed by atoms with Gasteiger partial charge in [0.15, 0.2) is 15.0 Å². The molecule has 0 aliphatic carbocycles. The summed E-state index contributed by atoms with van der Waals surface area (Å²) in [5.41, 5.74) is 1.71. The topological polar surface area (TPSA) is 66.8 Å². The number of hydrogen-bond donors (Lipinski definition) is 0. The first-order valence-corrected chi connectivity index (χ1v) is 11.7. The van der Waals surface area contributed by atoms with Crippen LogP contribution in [0.15, 0.2) is 59.6 Å². The molecule has 2 atom stereocenters. The number of aliphatic imine (C=N–C) groups is 1. The van der Waals surface area contributed by atoms with E-state index in [1.165, 1.54) is 23.9 Å². The number of hydrogen-bond acceptors (Lipinski definition) is 4. The number of carbonyl (C=O) groups is 1. The molecule has 2 heterocycles. The molecule has 2 aliphatic rings. The van der Waals surface area contributed by atoms with E-state index >= 15 is 0 Å². The van der Waals surface area contributed by atoms with E-state index in [4.69, 9.17) is 0 Å². The van der Waals surface area contributed by atoms with E-state index in [2.05, 4.69) is 4.99 Å². The zero-order valence-corrected chi connectivity index (χ0v) is 16.6. The first-order chi connectivity index (χ1) is 13.4. The number of rotatable bonds is 4. The molecule has 2 fully saturated rings. The second-order valence-corrected chi connectivity index (χ2v) is 10.3. The summed E-state index contributed by atoms with van der Waals surface area (Å²) in [7, 11) is -3.13. The lowest BCUT2D eigenvalue weighted by Gasteiger charge is -2.24. The molecule has 2 aromatic rings. The van der Waals surface area contributed by atoms with Gasteiger partial charge in [-0.2, -0.15) is 4.99 Å². The highest BCUT2D eigenvalue weighted by atomic mass is 32.2. The Bertz CT molecular complexity index is 1010. The van der Waals surface area contributed by atoms with Crippen molar-refractivity contribution in [2.24, 2.45) is 4.99 Å². The van der Waals surface area contributed by atoms with Crippen LogP contribution >= 0.6 is 11.8 Å². The zero-order chi connectivity index (χ0) is 19.7. The highest BCUT2D eigenvalue weighted by Gasteiger charge is 2.49. The van der Waals surface area contributed by atoms with Gasteiger partial charge in [0.2, 0.25) is 5.91 Å². The number of amides is 1. The molecule has 0 spiro atoms. The van der Waals surface area contributed by atoms with Crippen LogP contribution in [0.4, 0.5) is 10.1 Å². The van der Waals surface area contributed by atoms with Gasteiger partial charge < -0.3 is 4.90 Å². The van der Waals surface area contributed by atoms with Crippen LogP contribution in [0.25, 0.3) is 0 Å². The number of halogens is 1. The standard InChI is InChI=1S/C20H19FN2O3S2/c21-15-7-9-16(10-8-15)23-17-12-28(25,26)13-18(17)27-20(23)22-19(24)11-6-14-4-2-1-3-5-14/h1-5,7-10,17-18H,6,11-13H2/t17-,18+/m0/s1. The summed E-state index contributed by atoms with van der Waals surface area (Å²) in [5.74, 6) is -0.541. The second-order valence-electron chi connectivity index (χ2n) is 6.92. The van der Waals surface area contributed by atoms with Gasteiger partial charge in [0.05, 0.1) is 17.5 Å². The van der Waals surface area contributed by atoms with Crippen molar-refractivity contribution in [3.8, 4) is 0 Å². The summed E-state index contributed by atoms with van der Waals surface area (Å²) in [6, 6.07) is 15.2. The highest BCUT2D eigenvalue weighted by molar-refractivity contribution is 8.16. The molecule has 0 N–H and O–H groups in total. The van der Waals surface area contributed by atoms with Gasteiger partial charge in [0.25, 0.3) is 0 Å². The number of fused-ring (bicyclic) bond motifs is 1. The first-order valence-electron chi connectivity index (χ1n) is 8.99. The van der Waals surface area contributed by atoms with Gasteiger partial charge in [-0.05, 0) is 36.2 Å². The van der Waals surface area contributed by atoms with E-state index in [-0.39, 0.29) is 40.9 Å². The van der Waals surface area contributed by atoms with Crippen LogP contribution < -0.4 is 4.90 Å². The number of amidine groups is 1. The van der Waals surface area contributed by atoms with E-state index in [0.717, 1.165) is 5.56 Å². The fraction of sp³-hybridized carbons (Fsp3) is 0.300. The van der Waals surface area contributed by atoms with Gasteiger partial charge in [-0.15, -0.1) is 0 Å². The fourth-order valence-electron chi connectivity index (χ4n) is 3.53. The molecule has 0 aromatic heterocycles. The summed E-state index contributed by atoms with van der Waals surface area (Å²) in [5, 5.41) is 0.324. The minimum atomic E-state index is -3.13. The Morgan fingerprint density at radius 3 is 2.54 bits per heavy atom. The van der Waals surface area contributed by atoms with Crippen LogP contribution in [0, 0.1) is 5.82 Å². The van der Waals surface area contributed by atoms with Crippen LogP contribution in [0.3, 0.4) is 0 Å². The van der Waals surface area contributed by atoms with Crippen molar-refractivity contribution >= 4 is 38.4 Å². The van der Waals surface area contributed by atoms with E-state index < -0.39 is 9.84 Å². The predicted octanol–water partition coefficient (Wildman–Crippen LogP) is 3.06. The molecule has 146 valence electrons. The number of benzene rings is 2. The summed E-state index contributed by atoms with van der Waals surface area (Å²) in [6.07, 6.45) is 0.873. The van der Waals surface area contributed by atoms with E-state index in [0.29, 0.717) is 17.3 Å². The smallest absolute Gasteiger partial charge is 0.248 e. The Balaban J connectivity index is 1.56. The number of sulfone groups is 1. The SMILES string of the molecule is O=C(CCc1ccccc1)N=C1S[C@@H]2CS(=O)(=O)C[C@@H]2N1c1ccc(F)cc1. The van der Waals surface area contributed by atoms with Crippen LogP contribution in [0.5, 0.6) is 0 Å². The molecule has 2 saturated heterocycles. The Morgan fingerprint density at radius 1 is 1.11 bits per heavy atom. The van der Waals surface area contributed by atoms with Crippen LogP contribution in [0.1, 0.15) is 12.0 Å². The highest BCUT2D eigenvalue weighted by Crippen LogP contribution is 2.41. The molecule has 0 saturated carbocycles. The maximum absolute atomic E-state index is 13.3. The third-order valence-electron chi connectivity index (χ3n) is 4.86. The number of carbonyl (C=O) groups excluding carboxylic acids is 1. The van der Waals surface area contributed by atoms with Crippen LogP contribution in [-0.4, -0.2) is 42.3 Å². The average Bonchev–Trinajstić information content (AvgIpc) is 3.12. The van der Waals surface area contributed by atoms with Gasteiger partial charge in [-0.3, -0.25) is 4.79 Å². The van der Waals surface area contributed by atoms with Crippen molar-refractivity contribution < 1.29 is 17.6 Å². The molecular weight excluding hydrogens is 399 g/mol. The lowest BCUT2D eigenvalue weighted by Crippen LogP contribution is -2.37. The monoisotopic (exact) mass is 418 g/mol. The lowest BCUT2D eigenvalue weighted by molar-refractivity contribution is -0.117. The second kappa shape index (κ2) is 7.67. The fourth-order valence-corrected chi connectivity index (χ4v) is 7.46. The number of aryl methyl sites for hydroxylation is 1. The normalized spacial score (nSPS) is 24.5. The molecular formula is C20H19FN2O3S2. The first kappa shape index (κ1) is 19.1. The Hall–Kier alpha value is -2.19. The molecule has 0 unspecified atom stereocenters. The molecule has 1 amide bonds. The predicted molar refractivity (Wildman–Crippen MR) is 110 cm³/mol. The molecule has 0 bridgehead atoms. The van der Waals surface area contributed by atoms with Gasteiger partial charge in [0.1, 0.15) is 5.82 Å². The number of thioether (sulfide) groups is 1. The number of anilines is 1. The summed E-state index contributed by atoms with van der Waals surface area (Å²) < 4.78 is 37.4. The van der Waals surface area contributed by atoms with Crippen molar-refractivity contribution in [1.82, 2.24) is 0 Å². The van der Waals surface area contributed by atoms with Crippen molar-refractivity contribution in [2.75, 3.05) is 16.4 Å². The quantitative estimate of drug-likeness (QED) is 0.764. The summed E-state index contributed by atoms with van der Waals surface area (Å²) in [4.78, 5) is 18.5. The zero-order valence-electron chi connectivity index (χ0n) is 15.0. The Kier molecular flexibility index (Phi) is 5.25. The molecule has 28 heavy (non-hydrogen) atoms. The molecule has 4 rings (SSSR count). The average molecular weight is 419 g/mol. The van der Waals surface area contributed by atoms with Crippen molar-refractivity contribution in [2.45, 2.75) is 24.1 Å². The lowest BCUT2D eigenvalue weighted by atomic mass is 10.1. The summed E-state index contributed by atoms with van der Waals surface area (Å²) in [6.45, 7) is 0. The molecule has 0 radical (unpaired) electrons. The third kappa shape index (κ3) is 4.12. The van der Waals surface area contributed by atoms with E-state index in [9.17, 15) is 17.6 Å². The van der Waals surface area contributed by atoms with Gasteiger partial charge in [0, 0.05) is 17.4 Å². The largest absolute Gasteiger partial charge is 0.316 e. The van der Waals surface area contributed by atoms with Crippen molar-refractivity contribution in [3.05, 3.63) is 66.0 Å². The third-order valence-corrected chi connectivity index (χ3v) is 8.07. The van der Waals surface area contributed by atoms with Crippen LogP contribution in [0.2, 0.25) is 0 Å². The Labute approximate surface area is 167 Å². The molecule has 5 nitrogen and oxygen atoms in total. The van der Waals surface area contributed by atoms with Crippen LogP contribution in [-0.2, 0) is 21.1 Å². The van der Waals surface area contributed by atoms with Crippen molar-refractivity contribution in [1.29, 1.82) is 0 Å². The van der Waals surface area contributed by atoms with E-state index in [1.54, 1.807) is 17.0 Å². The Morgan fingerprint density at radius 2 is 1.82 bits per heavy atom. The maximum Gasteiger partial charge on any atom is 0.248 e. The molecule has 8 heteroatoms. The minimum Gasteiger partial charge on any atom is -0.316 e. The van der Waals surface area contributed by atoms with Gasteiger partial charge >= 0.3 is 0 Å². The molecule has 2 aliphatic heterocycles. The van der Waals surface area contributed by atoms with Gasteiger partial charge in [-0.1, -0.05) is 42.1 Å².